The van der Waals surface area contributed by atoms with Gasteiger partial charge in [0.2, 0.25) is 5.91 Å². The van der Waals surface area contributed by atoms with E-state index in [9.17, 15) is 4.79 Å². The average Bonchev–Trinajstić information content (AvgIpc) is 2.57. The fourth-order valence-electron chi connectivity index (χ4n) is 1.49. The second-order valence-electron chi connectivity index (χ2n) is 4.28. The Kier molecular flexibility index (Phi) is 3.64. The van der Waals surface area contributed by atoms with E-state index >= 15 is 0 Å². The molecule has 1 amide bonds. The fraction of sp³-hybridized carbons (Fsp3) is 0.333. The van der Waals surface area contributed by atoms with Crippen LogP contribution in [-0.4, -0.2) is 10.9 Å². The first kappa shape index (κ1) is 12.3. The summed E-state index contributed by atoms with van der Waals surface area (Å²) < 4.78 is 0.984. The normalized spacial score (nSPS) is 11.1. The first-order chi connectivity index (χ1) is 8.04. The van der Waals surface area contributed by atoms with Crippen molar-refractivity contribution in [3.63, 3.8) is 0 Å². The molecular formula is C12H13ClN2OS. The van der Waals surface area contributed by atoms with E-state index in [0.717, 1.165) is 10.2 Å². The molecule has 3 nitrogen and oxygen atoms in total. The van der Waals surface area contributed by atoms with E-state index in [-0.39, 0.29) is 5.91 Å². The molecule has 0 saturated carbocycles. The summed E-state index contributed by atoms with van der Waals surface area (Å²) >= 11 is 7.33. The molecular weight excluding hydrogens is 256 g/mol. The zero-order valence-corrected chi connectivity index (χ0v) is 11.2. The Bertz CT molecular complexity index is 550. The van der Waals surface area contributed by atoms with Crippen molar-refractivity contribution in [3.8, 4) is 0 Å². The Morgan fingerprint density at radius 3 is 3.00 bits per heavy atom. The summed E-state index contributed by atoms with van der Waals surface area (Å²) in [6.07, 6.45) is 0.511. The molecule has 0 bridgehead atoms. The van der Waals surface area contributed by atoms with Crippen LogP contribution in [0.25, 0.3) is 10.2 Å². The molecule has 1 aromatic heterocycles. The molecule has 0 saturated heterocycles. The number of carbonyl (C=O) groups excluding carboxylic acids is 1. The number of rotatable bonds is 3. The van der Waals surface area contributed by atoms with Crippen molar-refractivity contribution < 1.29 is 4.79 Å². The molecule has 2 rings (SSSR count). The van der Waals surface area contributed by atoms with Gasteiger partial charge in [0.25, 0.3) is 0 Å². The summed E-state index contributed by atoms with van der Waals surface area (Å²) in [5.74, 6) is 0.351. The van der Waals surface area contributed by atoms with Gasteiger partial charge in [-0.15, -0.1) is 0 Å². The molecule has 0 radical (unpaired) electrons. The van der Waals surface area contributed by atoms with Crippen LogP contribution in [0.2, 0.25) is 5.02 Å². The van der Waals surface area contributed by atoms with Gasteiger partial charge in [-0.05, 0) is 24.1 Å². The van der Waals surface area contributed by atoms with Gasteiger partial charge in [0.15, 0.2) is 5.13 Å². The van der Waals surface area contributed by atoms with E-state index in [0.29, 0.717) is 22.5 Å². The van der Waals surface area contributed by atoms with Gasteiger partial charge in [0.1, 0.15) is 0 Å². The van der Waals surface area contributed by atoms with Gasteiger partial charge >= 0.3 is 0 Å². The van der Waals surface area contributed by atoms with Crippen LogP contribution in [0, 0.1) is 5.92 Å². The molecule has 0 spiro atoms. The largest absolute Gasteiger partial charge is 0.302 e. The highest BCUT2D eigenvalue weighted by molar-refractivity contribution is 7.22. The summed E-state index contributed by atoms with van der Waals surface area (Å²) in [6, 6.07) is 5.50. The van der Waals surface area contributed by atoms with Crippen LogP contribution in [0.3, 0.4) is 0 Å². The summed E-state index contributed by atoms with van der Waals surface area (Å²) in [6.45, 7) is 4.02. The molecule has 90 valence electrons. The lowest BCUT2D eigenvalue weighted by atomic mass is 10.1. The first-order valence-corrected chi connectivity index (χ1v) is 6.60. The van der Waals surface area contributed by atoms with Gasteiger partial charge < -0.3 is 5.32 Å². The summed E-state index contributed by atoms with van der Waals surface area (Å²) in [5, 5.41) is 4.12. The zero-order chi connectivity index (χ0) is 12.4. The molecule has 1 heterocycles. The van der Waals surface area contributed by atoms with Crippen LogP contribution in [0.4, 0.5) is 5.13 Å². The topological polar surface area (TPSA) is 42.0 Å². The maximum atomic E-state index is 11.6. The van der Waals surface area contributed by atoms with Crippen LogP contribution in [0.1, 0.15) is 20.3 Å². The Hall–Kier alpha value is -1.13. The zero-order valence-electron chi connectivity index (χ0n) is 9.66. The van der Waals surface area contributed by atoms with Gasteiger partial charge in [0.05, 0.1) is 10.2 Å². The number of halogens is 1. The number of amides is 1. The molecule has 0 aliphatic carbocycles. The lowest BCUT2D eigenvalue weighted by Crippen LogP contribution is -2.13. The number of anilines is 1. The van der Waals surface area contributed by atoms with Crippen LogP contribution in [-0.2, 0) is 4.79 Å². The van der Waals surface area contributed by atoms with Gasteiger partial charge in [-0.1, -0.05) is 36.8 Å². The molecule has 0 atom stereocenters. The molecule has 0 unspecified atom stereocenters. The Labute approximate surface area is 109 Å². The lowest BCUT2D eigenvalue weighted by Gasteiger charge is -2.03. The van der Waals surface area contributed by atoms with Crippen molar-refractivity contribution in [1.29, 1.82) is 0 Å². The highest BCUT2D eigenvalue weighted by atomic mass is 35.5. The van der Waals surface area contributed by atoms with E-state index in [2.05, 4.69) is 10.3 Å². The number of nitrogens with zero attached hydrogens (tertiary/aromatic N) is 1. The summed E-state index contributed by atoms with van der Waals surface area (Å²) in [4.78, 5) is 15.9. The van der Waals surface area contributed by atoms with E-state index in [4.69, 9.17) is 11.6 Å². The van der Waals surface area contributed by atoms with E-state index in [1.54, 1.807) is 6.07 Å². The second kappa shape index (κ2) is 5.02. The molecule has 0 aliphatic heterocycles. The summed E-state index contributed by atoms with van der Waals surface area (Å²) in [5.41, 5.74) is 0.860. The number of hydrogen-bond donors (Lipinski definition) is 1. The number of hydrogen-bond acceptors (Lipinski definition) is 3. The second-order valence-corrected chi connectivity index (χ2v) is 5.74. The number of aromatic nitrogens is 1. The van der Waals surface area contributed by atoms with Crippen LogP contribution < -0.4 is 5.32 Å². The Balaban J connectivity index is 2.17. The van der Waals surface area contributed by atoms with Crippen molar-refractivity contribution in [2.75, 3.05) is 5.32 Å². The van der Waals surface area contributed by atoms with Crippen LogP contribution in [0.15, 0.2) is 18.2 Å². The van der Waals surface area contributed by atoms with Crippen molar-refractivity contribution in [1.82, 2.24) is 4.98 Å². The molecule has 1 aromatic carbocycles. The molecule has 0 aliphatic rings. The third-order valence-electron chi connectivity index (χ3n) is 2.19. The minimum absolute atomic E-state index is 0.00477. The van der Waals surface area contributed by atoms with Crippen molar-refractivity contribution in [3.05, 3.63) is 23.2 Å². The third kappa shape index (κ3) is 3.17. The van der Waals surface area contributed by atoms with Gasteiger partial charge in [0, 0.05) is 11.4 Å². The van der Waals surface area contributed by atoms with E-state index in [1.807, 2.05) is 26.0 Å². The Morgan fingerprint density at radius 1 is 1.53 bits per heavy atom. The van der Waals surface area contributed by atoms with Crippen molar-refractivity contribution >= 4 is 44.2 Å². The van der Waals surface area contributed by atoms with Crippen LogP contribution in [0.5, 0.6) is 0 Å². The predicted molar refractivity (Wildman–Crippen MR) is 72.7 cm³/mol. The third-order valence-corrected chi connectivity index (χ3v) is 3.36. The standard InChI is InChI=1S/C12H13ClN2OS/c1-7(2)5-11(16)15-12-14-9-4-3-8(13)6-10(9)17-12/h3-4,6-7H,5H2,1-2H3,(H,14,15,16). The van der Waals surface area contributed by atoms with Crippen molar-refractivity contribution in [2.45, 2.75) is 20.3 Å². The molecule has 2 aromatic rings. The maximum absolute atomic E-state index is 11.6. The predicted octanol–water partition coefficient (Wildman–Crippen LogP) is 3.93. The highest BCUT2D eigenvalue weighted by Crippen LogP contribution is 2.28. The molecule has 0 fully saturated rings. The number of fused-ring (bicyclic) bond motifs is 1. The Morgan fingerprint density at radius 2 is 2.29 bits per heavy atom. The fourth-order valence-corrected chi connectivity index (χ4v) is 2.65. The number of thiazole rings is 1. The monoisotopic (exact) mass is 268 g/mol. The number of benzene rings is 1. The molecule has 1 N–H and O–H groups in total. The highest BCUT2D eigenvalue weighted by Gasteiger charge is 2.09. The number of carbonyl (C=O) groups is 1. The molecule has 5 heteroatoms. The van der Waals surface area contributed by atoms with Gasteiger partial charge in [-0.3, -0.25) is 4.79 Å². The molecule has 17 heavy (non-hydrogen) atoms. The SMILES string of the molecule is CC(C)CC(=O)Nc1nc2ccc(Cl)cc2s1. The number of nitrogens with one attached hydrogen (secondary N) is 1. The van der Waals surface area contributed by atoms with Gasteiger partial charge in [-0.25, -0.2) is 4.98 Å². The van der Waals surface area contributed by atoms with Gasteiger partial charge in [-0.2, -0.15) is 0 Å². The first-order valence-electron chi connectivity index (χ1n) is 5.40. The average molecular weight is 269 g/mol. The lowest BCUT2D eigenvalue weighted by molar-refractivity contribution is -0.116. The summed E-state index contributed by atoms with van der Waals surface area (Å²) in [7, 11) is 0. The minimum Gasteiger partial charge on any atom is -0.302 e. The van der Waals surface area contributed by atoms with Crippen molar-refractivity contribution in [2.24, 2.45) is 5.92 Å². The van der Waals surface area contributed by atoms with E-state index in [1.165, 1.54) is 11.3 Å². The quantitative estimate of drug-likeness (QED) is 0.916. The minimum atomic E-state index is 0.00477. The van der Waals surface area contributed by atoms with E-state index < -0.39 is 0 Å². The van der Waals surface area contributed by atoms with Crippen LogP contribution >= 0.6 is 22.9 Å². The maximum Gasteiger partial charge on any atom is 0.226 e. The smallest absolute Gasteiger partial charge is 0.226 e.